The highest BCUT2D eigenvalue weighted by Crippen LogP contribution is 2.65. The van der Waals surface area contributed by atoms with Crippen LogP contribution in [0.1, 0.15) is 123 Å². The summed E-state index contributed by atoms with van der Waals surface area (Å²) in [6.07, 6.45) is 8.72. The van der Waals surface area contributed by atoms with Crippen molar-refractivity contribution in [1.82, 2.24) is 0 Å². The average molecular weight is 525 g/mol. The van der Waals surface area contributed by atoms with Crippen molar-refractivity contribution in [3.05, 3.63) is 22.3 Å². The molecular formula is C34H52O4. The lowest BCUT2D eigenvalue weighted by Gasteiger charge is -2.58. The molecule has 6 aliphatic rings. The van der Waals surface area contributed by atoms with Crippen LogP contribution in [0.5, 0.6) is 11.5 Å². The van der Waals surface area contributed by atoms with Gasteiger partial charge in [0.1, 0.15) is 36.9 Å². The van der Waals surface area contributed by atoms with Gasteiger partial charge < -0.3 is 18.9 Å². The molecule has 2 unspecified atom stereocenters. The molecule has 212 valence electrons. The van der Waals surface area contributed by atoms with Gasteiger partial charge in [0.25, 0.3) is 0 Å². The van der Waals surface area contributed by atoms with E-state index < -0.39 is 0 Å². The predicted octanol–water partition coefficient (Wildman–Crippen LogP) is 7.60. The molecule has 2 saturated heterocycles. The van der Waals surface area contributed by atoms with Gasteiger partial charge in [-0.25, -0.2) is 0 Å². The van der Waals surface area contributed by atoms with Gasteiger partial charge in [-0.05, 0) is 78.1 Å². The van der Waals surface area contributed by atoms with Gasteiger partial charge >= 0.3 is 0 Å². The molecule has 2 aliphatic heterocycles. The van der Waals surface area contributed by atoms with Gasteiger partial charge in [0.2, 0.25) is 0 Å². The maximum Gasteiger partial charge on any atom is 0.130 e. The molecule has 2 heterocycles. The zero-order valence-electron chi connectivity index (χ0n) is 25.6. The van der Waals surface area contributed by atoms with Gasteiger partial charge in [-0.3, -0.25) is 0 Å². The Balaban J connectivity index is 1.68. The van der Waals surface area contributed by atoms with Crippen molar-refractivity contribution in [3.63, 3.8) is 0 Å². The summed E-state index contributed by atoms with van der Waals surface area (Å²) in [5.74, 6) is 4.80. The van der Waals surface area contributed by atoms with Crippen LogP contribution in [-0.2, 0) is 31.1 Å². The molecule has 2 atom stereocenters. The fourth-order valence-corrected chi connectivity index (χ4v) is 8.74. The minimum Gasteiger partial charge on any atom is -0.490 e. The largest absolute Gasteiger partial charge is 0.490 e. The molecule has 38 heavy (non-hydrogen) atoms. The van der Waals surface area contributed by atoms with E-state index in [1.54, 1.807) is 5.56 Å². The van der Waals surface area contributed by atoms with Gasteiger partial charge in [0.05, 0.1) is 13.2 Å². The molecule has 7 rings (SSSR count). The highest BCUT2D eigenvalue weighted by molar-refractivity contribution is 5.67. The topological polar surface area (TPSA) is 43.5 Å². The summed E-state index contributed by atoms with van der Waals surface area (Å²) in [5, 5.41) is 0. The number of rotatable bonds is 7. The third kappa shape index (κ3) is 4.91. The van der Waals surface area contributed by atoms with Crippen LogP contribution >= 0.6 is 0 Å². The van der Waals surface area contributed by atoms with Crippen molar-refractivity contribution in [1.29, 1.82) is 0 Å². The summed E-state index contributed by atoms with van der Waals surface area (Å²) in [4.78, 5) is 0. The fourth-order valence-electron chi connectivity index (χ4n) is 8.74. The Kier molecular flexibility index (Phi) is 6.29. The van der Waals surface area contributed by atoms with Crippen LogP contribution < -0.4 is 9.47 Å². The second kappa shape index (κ2) is 8.87. The first-order valence-electron chi connectivity index (χ1n) is 15.4. The smallest absolute Gasteiger partial charge is 0.130 e. The highest BCUT2D eigenvalue weighted by Gasteiger charge is 2.55. The van der Waals surface area contributed by atoms with E-state index in [2.05, 4.69) is 62.3 Å². The van der Waals surface area contributed by atoms with E-state index >= 15 is 0 Å². The van der Waals surface area contributed by atoms with Crippen molar-refractivity contribution >= 4 is 0 Å². The Hall–Kier alpha value is -1.26. The summed E-state index contributed by atoms with van der Waals surface area (Å²) >= 11 is 0. The molecule has 0 radical (unpaired) electrons. The van der Waals surface area contributed by atoms with Gasteiger partial charge in [-0.1, -0.05) is 62.3 Å². The standard InChI is InChI=1S/C34H52O4/c1-31(2,3)25-26(32(4,5)6)29(37-18-23-16-35-23)28(33(7,8)9)30(38-19-24-17-36-24)27(25)34-13-20-10-21(14-34)12-22(11-20)15-34/h20-24H,10-19H2,1-9H3. The first kappa shape index (κ1) is 26.9. The third-order valence-corrected chi connectivity index (χ3v) is 9.86. The number of hydrogen-bond donors (Lipinski definition) is 0. The maximum absolute atomic E-state index is 7.04. The number of benzene rings is 1. The monoisotopic (exact) mass is 524 g/mol. The summed E-state index contributed by atoms with van der Waals surface area (Å²) in [5.41, 5.74) is 5.67. The second-order valence-electron chi connectivity index (χ2n) is 16.6. The van der Waals surface area contributed by atoms with Crippen molar-refractivity contribution in [2.75, 3.05) is 26.4 Å². The van der Waals surface area contributed by atoms with E-state index in [-0.39, 0.29) is 33.9 Å². The molecule has 0 spiro atoms. The second-order valence-corrected chi connectivity index (χ2v) is 16.6. The third-order valence-electron chi connectivity index (χ3n) is 9.86. The Morgan fingerprint density at radius 3 is 1.37 bits per heavy atom. The maximum atomic E-state index is 7.04. The fraction of sp³-hybridized carbons (Fsp3) is 0.824. The Morgan fingerprint density at radius 2 is 1.00 bits per heavy atom. The minimum atomic E-state index is -0.132. The summed E-state index contributed by atoms with van der Waals surface area (Å²) in [7, 11) is 0. The van der Waals surface area contributed by atoms with Crippen molar-refractivity contribution < 1.29 is 18.9 Å². The van der Waals surface area contributed by atoms with Gasteiger partial charge in [0, 0.05) is 22.1 Å². The molecule has 0 aromatic heterocycles. The molecular weight excluding hydrogens is 472 g/mol. The molecule has 4 heteroatoms. The van der Waals surface area contributed by atoms with Gasteiger partial charge in [-0.15, -0.1) is 0 Å². The average Bonchev–Trinajstić information content (AvgIpc) is 3.67. The predicted molar refractivity (Wildman–Crippen MR) is 153 cm³/mol. The van der Waals surface area contributed by atoms with Crippen molar-refractivity contribution in [2.45, 2.75) is 135 Å². The zero-order chi connectivity index (χ0) is 27.3. The van der Waals surface area contributed by atoms with E-state index in [9.17, 15) is 0 Å². The summed E-state index contributed by atoms with van der Waals surface area (Å²) in [6, 6.07) is 0. The lowest BCUT2D eigenvalue weighted by Crippen LogP contribution is -2.50. The highest BCUT2D eigenvalue weighted by atomic mass is 16.6. The summed E-state index contributed by atoms with van der Waals surface area (Å²) < 4.78 is 25.2. The van der Waals surface area contributed by atoms with Crippen LogP contribution in [-0.4, -0.2) is 38.6 Å². The molecule has 6 fully saturated rings. The number of ether oxygens (including phenoxy) is 4. The Bertz CT molecular complexity index is 1040. The SMILES string of the molecule is CC(C)(C)c1c(OCC2CO2)c(C(C)(C)C)c(C(C)(C)C)c(C23CC4CC(CC(C4)C2)C3)c1OCC1CO1. The molecule has 4 aliphatic carbocycles. The quantitative estimate of drug-likeness (QED) is 0.344. The van der Waals surface area contributed by atoms with E-state index in [0.717, 1.165) is 42.5 Å². The molecule has 0 amide bonds. The molecule has 4 nitrogen and oxygen atoms in total. The first-order valence-corrected chi connectivity index (χ1v) is 15.4. The van der Waals surface area contributed by atoms with E-state index in [0.29, 0.717) is 13.2 Å². The van der Waals surface area contributed by atoms with Crippen molar-refractivity contribution in [2.24, 2.45) is 17.8 Å². The molecule has 1 aromatic carbocycles. The molecule has 4 saturated carbocycles. The zero-order valence-corrected chi connectivity index (χ0v) is 25.6. The lowest BCUT2D eigenvalue weighted by atomic mass is 9.46. The lowest BCUT2D eigenvalue weighted by molar-refractivity contribution is -0.00749. The number of epoxide rings is 2. The molecule has 0 N–H and O–H groups in total. The van der Waals surface area contributed by atoms with Crippen LogP contribution in [0.3, 0.4) is 0 Å². The molecule has 1 aromatic rings. The molecule has 4 bridgehead atoms. The Labute approximate surface area is 231 Å². The van der Waals surface area contributed by atoms with Crippen LogP contribution in [0.15, 0.2) is 0 Å². The van der Waals surface area contributed by atoms with Crippen LogP contribution in [0, 0.1) is 17.8 Å². The normalized spacial score (nSPS) is 34.0. The van der Waals surface area contributed by atoms with Crippen LogP contribution in [0.4, 0.5) is 0 Å². The van der Waals surface area contributed by atoms with E-state index in [4.69, 9.17) is 18.9 Å². The van der Waals surface area contributed by atoms with E-state index in [1.165, 1.54) is 55.2 Å². The van der Waals surface area contributed by atoms with E-state index in [1.807, 2.05) is 0 Å². The van der Waals surface area contributed by atoms with Gasteiger partial charge in [0.15, 0.2) is 0 Å². The first-order chi connectivity index (χ1) is 17.7. The summed E-state index contributed by atoms with van der Waals surface area (Å²) in [6.45, 7) is 24.3. The van der Waals surface area contributed by atoms with Gasteiger partial charge in [-0.2, -0.15) is 0 Å². The number of hydrogen-bond acceptors (Lipinski definition) is 4. The minimum absolute atomic E-state index is 0.0416. The van der Waals surface area contributed by atoms with Crippen molar-refractivity contribution in [3.8, 4) is 11.5 Å². The van der Waals surface area contributed by atoms with Crippen LogP contribution in [0.25, 0.3) is 0 Å². The van der Waals surface area contributed by atoms with Crippen LogP contribution in [0.2, 0.25) is 0 Å². The Morgan fingerprint density at radius 1 is 0.605 bits per heavy atom.